The molecule has 1 saturated heterocycles. The SMILES string of the molecule is Fc1cccc(N2CCCNC(Cc3ccccc3)C2)c1. The number of halogens is 1. The van der Waals surface area contributed by atoms with Crippen molar-refractivity contribution in [3.05, 3.63) is 66.0 Å². The van der Waals surface area contributed by atoms with Crippen LogP contribution in [0.3, 0.4) is 0 Å². The van der Waals surface area contributed by atoms with Gasteiger partial charge in [0.05, 0.1) is 0 Å². The quantitative estimate of drug-likeness (QED) is 0.931. The van der Waals surface area contributed by atoms with Crippen LogP contribution in [-0.2, 0) is 6.42 Å². The van der Waals surface area contributed by atoms with Crippen LogP contribution in [0.4, 0.5) is 10.1 Å². The fourth-order valence-corrected chi connectivity index (χ4v) is 2.94. The summed E-state index contributed by atoms with van der Waals surface area (Å²) in [6.07, 6.45) is 2.09. The van der Waals surface area contributed by atoms with Gasteiger partial charge in [-0.3, -0.25) is 0 Å². The van der Waals surface area contributed by atoms with Crippen LogP contribution in [0.2, 0.25) is 0 Å². The van der Waals surface area contributed by atoms with E-state index in [-0.39, 0.29) is 5.82 Å². The Labute approximate surface area is 125 Å². The van der Waals surface area contributed by atoms with Crippen LogP contribution in [-0.4, -0.2) is 25.7 Å². The third-order valence-electron chi connectivity index (χ3n) is 3.98. The predicted octanol–water partition coefficient (Wildman–Crippen LogP) is 3.24. The van der Waals surface area contributed by atoms with Crippen LogP contribution in [0.15, 0.2) is 54.6 Å². The highest BCUT2D eigenvalue weighted by Gasteiger charge is 2.18. The molecular formula is C18H21FN2. The van der Waals surface area contributed by atoms with Gasteiger partial charge < -0.3 is 10.2 Å². The molecule has 1 atom stereocenters. The number of nitrogens with one attached hydrogen (secondary N) is 1. The van der Waals surface area contributed by atoms with Gasteiger partial charge in [-0.1, -0.05) is 36.4 Å². The Balaban J connectivity index is 1.71. The van der Waals surface area contributed by atoms with Gasteiger partial charge in [0, 0.05) is 24.8 Å². The van der Waals surface area contributed by atoms with Crippen molar-refractivity contribution in [1.29, 1.82) is 0 Å². The smallest absolute Gasteiger partial charge is 0.125 e. The largest absolute Gasteiger partial charge is 0.370 e. The summed E-state index contributed by atoms with van der Waals surface area (Å²) in [4.78, 5) is 2.29. The molecule has 0 amide bonds. The first-order chi connectivity index (χ1) is 10.3. The second-order valence-electron chi connectivity index (χ2n) is 5.62. The molecule has 0 radical (unpaired) electrons. The summed E-state index contributed by atoms with van der Waals surface area (Å²) in [5.74, 6) is -0.163. The van der Waals surface area contributed by atoms with E-state index in [0.29, 0.717) is 6.04 Å². The number of rotatable bonds is 3. The molecule has 1 aliphatic heterocycles. The molecule has 3 rings (SSSR count). The summed E-state index contributed by atoms with van der Waals surface area (Å²) < 4.78 is 13.4. The second kappa shape index (κ2) is 6.72. The molecule has 1 aliphatic rings. The summed E-state index contributed by atoms with van der Waals surface area (Å²) >= 11 is 0. The molecule has 1 fully saturated rings. The molecule has 110 valence electrons. The van der Waals surface area contributed by atoms with Crippen LogP contribution in [0.5, 0.6) is 0 Å². The Kier molecular flexibility index (Phi) is 4.51. The Bertz CT molecular complexity index is 570. The summed E-state index contributed by atoms with van der Waals surface area (Å²) in [5, 5.41) is 3.61. The van der Waals surface area contributed by atoms with E-state index in [1.807, 2.05) is 12.1 Å². The number of nitrogens with zero attached hydrogens (tertiary/aromatic N) is 1. The first kappa shape index (κ1) is 14.1. The van der Waals surface area contributed by atoms with Gasteiger partial charge in [0.2, 0.25) is 0 Å². The Morgan fingerprint density at radius 3 is 2.76 bits per heavy atom. The lowest BCUT2D eigenvalue weighted by Crippen LogP contribution is -2.39. The highest BCUT2D eigenvalue weighted by molar-refractivity contribution is 5.47. The van der Waals surface area contributed by atoms with Crippen LogP contribution >= 0.6 is 0 Å². The summed E-state index contributed by atoms with van der Waals surface area (Å²) in [6, 6.07) is 17.8. The maximum absolute atomic E-state index is 13.4. The van der Waals surface area contributed by atoms with Crippen molar-refractivity contribution in [3.63, 3.8) is 0 Å². The maximum Gasteiger partial charge on any atom is 0.125 e. The minimum Gasteiger partial charge on any atom is -0.370 e. The zero-order valence-electron chi connectivity index (χ0n) is 12.1. The van der Waals surface area contributed by atoms with Crippen molar-refractivity contribution in [1.82, 2.24) is 5.32 Å². The molecule has 1 N–H and O–H groups in total. The summed E-state index contributed by atoms with van der Waals surface area (Å²) in [5.41, 5.74) is 2.33. The monoisotopic (exact) mass is 284 g/mol. The average Bonchev–Trinajstić information content (AvgIpc) is 2.74. The topological polar surface area (TPSA) is 15.3 Å². The summed E-state index contributed by atoms with van der Waals surface area (Å²) in [7, 11) is 0. The van der Waals surface area contributed by atoms with Gasteiger partial charge in [-0.2, -0.15) is 0 Å². The molecule has 0 bridgehead atoms. The molecule has 21 heavy (non-hydrogen) atoms. The van der Waals surface area contributed by atoms with Crippen LogP contribution in [0.25, 0.3) is 0 Å². The third-order valence-corrected chi connectivity index (χ3v) is 3.98. The lowest BCUT2D eigenvalue weighted by atomic mass is 10.1. The van der Waals surface area contributed by atoms with Gasteiger partial charge in [0.25, 0.3) is 0 Å². The third kappa shape index (κ3) is 3.82. The number of benzene rings is 2. The molecule has 2 nitrogen and oxygen atoms in total. The van der Waals surface area contributed by atoms with Crippen molar-refractivity contribution in [2.45, 2.75) is 18.9 Å². The molecule has 0 aliphatic carbocycles. The zero-order chi connectivity index (χ0) is 14.5. The van der Waals surface area contributed by atoms with Gasteiger partial charge >= 0.3 is 0 Å². The zero-order valence-corrected chi connectivity index (χ0v) is 12.1. The number of hydrogen-bond acceptors (Lipinski definition) is 2. The van der Waals surface area contributed by atoms with E-state index in [1.54, 1.807) is 12.1 Å². The lowest BCUT2D eigenvalue weighted by molar-refractivity contribution is 0.539. The highest BCUT2D eigenvalue weighted by atomic mass is 19.1. The summed E-state index contributed by atoms with van der Waals surface area (Å²) in [6.45, 7) is 2.91. The normalized spacial score (nSPS) is 19.3. The van der Waals surface area contributed by atoms with E-state index >= 15 is 0 Å². The van der Waals surface area contributed by atoms with Crippen molar-refractivity contribution in [2.24, 2.45) is 0 Å². The standard InChI is InChI=1S/C18H21FN2/c19-16-8-4-9-18(13-16)21-11-5-10-20-17(14-21)12-15-6-2-1-3-7-15/h1-4,6-9,13,17,20H,5,10-12,14H2. The van der Waals surface area contributed by atoms with E-state index in [9.17, 15) is 4.39 Å². The Morgan fingerprint density at radius 2 is 1.95 bits per heavy atom. The first-order valence-corrected chi connectivity index (χ1v) is 7.59. The number of hydrogen-bond donors (Lipinski definition) is 1. The predicted molar refractivity (Wildman–Crippen MR) is 85.2 cm³/mol. The minimum atomic E-state index is -0.163. The lowest BCUT2D eigenvalue weighted by Gasteiger charge is -2.26. The highest BCUT2D eigenvalue weighted by Crippen LogP contribution is 2.18. The Morgan fingerprint density at radius 1 is 1.10 bits per heavy atom. The maximum atomic E-state index is 13.4. The van der Waals surface area contributed by atoms with E-state index in [2.05, 4.69) is 34.5 Å². The van der Waals surface area contributed by atoms with Gasteiger partial charge in [-0.05, 0) is 43.1 Å². The van der Waals surface area contributed by atoms with Crippen molar-refractivity contribution in [2.75, 3.05) is 24.5 Å². The van der Waals surface area contributed by atoms with Gasteiger partial charge in [-0.15, -0.1) is 0 Å². The van der Waals surface area contributed by atoms with E-state index in [4.69, 9.17) is 0 Å². The fourth-order valence-electron chi connectivity index (χ4n) is 2.94. The van der Waals surface area contributed by atoms with E-state index in [0.717, 1.165) is 38.2 Å². The van der Waals surface area contributed by atoms with Gasteiger partial charge in [0.1, 0.15) is 5.82 Å². The number of anilines is 1. The Hall–Kier alpha value is -1.87. The van der Waals surface area contributed by atoms with E-state index in [1.165, 1.54) is 11.6 Å². The van der Waals surface area contributed by atoms with Crippen LogP contribution < -0.4 is 10.2 Å². The molecule has 0 aromatic heterocycles. The fraction of sp³-hybridized carbons (Fsp3) is 0.333. The molecule has 0 saturated carbocycles. The molecular weight excluding hydrogens is 263 g/mol. The molecule has 1 unspecified atom stereocenters. The van der Waals surface area contributed by atoms with Gasteiger partial charge in [-0.25, -0.2) is 4.39 Å². The second-order valence-corrected chi connectivity index (χ2v) is 5.62. The molecule has 1 heterocycles. The van der Waals surface area contributed by atoms with Crippen molar-refractivity contribution in [3.8, 4) is 0 Å². The molecule has 2 aromatic rings. The molecule has 2 aromatic carbocycles. The molecule has 3 heteroatoms. The molecule has 0 spiro atoms. The van der Waals surface area contributed by atoms with Gasteiger partial charge in [0.15, 0.2) is 0 Å². The first-order valence-electron chi connectivity index (χ1n) is 7.59. The van der Waals surface area contributed by atoms with Crippen LogP contribution in [0, 0.1) is 5.82 Å². The van der Waals surface area contributed by atoms with Crippen molar-refractivity contribution < 1.29 is 4.39 Å². The minimum absolute atomic E-state index is 0.163. The van der Waals surface area contributed by atoms with Crippen LogP contribution in [0.1, 0.15) is 12.0 Å². The van der Waals surface area contributed by atoms with Crippen molar-refractivity contribution >= 4 is 5.69 Å². The van der Waals surface area contributed by atoms with E-state index < -0.39 is 0 Å². The average molecular weight is 284 g/mol.